The lowest BCUT2D eigenvalue weighted by molar-refractivity contribution is 0.456. The maximum atomic E-state index is 4.63. The van der Waals surface area contributed by atoms with Gasteiger partial charge in [0.15, 0.2) is 0 Å². The summed E-state index contributed by atoms with van der Waals surface area (Å²) >= 11 is 0. The Balaban J connectivity index is 2.33. The SMILES string of the molecule is CCCCCC(C)NCCn1nc(C)c(CC)c1C. The highest BCUT2D eigenvalue weighted by Crippen LogP contribution is 2.13. The normalized spacial score (nSPS) is 12.9. The molecule has 1 aromatic heterocycles. The van der Waals surface area contributed by atoms with Crippen LogP contribution in [0.4, 0.5) is 0 Å². The molecule has 1 rings (SSSR count). The fourth-order valence-electron chi connectivity index (χ4n) is 2.68. The summed E-state index contributed by atoms with van der Waals surface area (Å²) in [6.07, 6.45) is 6.36. The lowest BCUT2D eigenvalue weighted by Crippen LogP contribution is -2.29. The van der Waals surface area contributed by atoms with Crippen molar-refractivity contribution in [1.82, 2.24) is 15.1 Å². The maximum Gasteiger partial charge on any atom is 0.0628 e. The van der Waals surface area contributed by atoms with E-state index in [2.05, 4.69) is 49.7 Å². The Morgan fingerprint density at radius 2 is 1.95 bits per heavy atom. The number of rotatable bonds is 9. The molecule has 1 aromatic rings. The number of unbranched alkanes of at least 4 members (excludes halogenated alkanes) is 2. The lowest BCUT2D eigenvalue weighted by atomic mass is 10.1. The average molecular weight is 265 g/mol. The zero-order chi connectivity index (χ0) is 14.3. The average Bonchev–Trinajstić information content (AvgIpc) is 2.64. The summed E-state index contributed by atoms with van der Waals surface area (Å²) in [4.78, 5) is 0. The van der Waals surface area contributed by atoms with Crippen LogP contribution in [0.2, 0.25) is 0 Å². The smallest absolute Gasteiger partial charge is 0.0628 e. The van der Waals surface area contributed by atoms with Crippen molar-refractivity contribution in [3.8, 4) is 0 Å². The summed E-state index contributed by atoms with van der Waals surface area (Å²) in [5.74, 6) is 0. The number of hydrogen-bond donors (Lipinski definition) is 1. The van der Waals surface area contributed by atoms with Gasteiger partial charge >= 0.3 is 0 Å². The molecular formula is C16H31N3. The van der Waals surface area contributed by atoms with Crippen LogP contribution in [-0.2, 0) is 13.0 Å². The lowest BCUT2D eigenvalue weighted by Gasteiger charge is -2.14. The van der Waals surface area contributed by atoms with Gasteiger partial charge in [0.25, 0.3) is 0 Å². The van der Waals surface area contributed by atoms with E-state index in [4.69, 9.17) is 0 Å². The summed E-state index contributed by atoms with van der Waals surface area (Å²) in [7, 11) is 0. The van der Waals surface area contributed by atoms with E-state index in [0.29, 0.717) is 6.04 Å². The quantitative estimate of drug-likeness (QED) is 0.691. The van der Waals surface area contributed by atoms with Crippen molar-refractivity contribution in [2.75, 3.05) is 6.54 Å². The second-order valence-electron chi connectivity index (χ2n) is 5.58. The second kappa shape index (κ2) is 8.36. The maximum absolute atomic E-state index is 4.63. The van der Waals surface area contributed by atoms with Gasteiger partial charge in [0, 0.05) is 18.3 Å². The molecule has 1 N–H and O–H groups in total. The molecule has 0 fully saturated rings. The van der Waals surface area contributed by atoms with Gasteiger partial charge in [-0.2, -0.15) is 5.10 Å². The molecule has 0 bridgehead atoms. The highest BCUT2D eigenvalue weighted by molar-refractivity contribution is 5.24. The van der Waals surface area contributed by atoms with Crippen molar-refractivity contribution < 1.29 is 0 Å². The topological polar surface area (TPSA) is 29.9 Å². The molecule has 1 atom stereocenters. The van der Waals surface area contributed by atoms with E-state index in [9.17, 15) is 0 Å². The molecule has 110 valence electrons. The van der Waals surface area contributed by atoms with Crippen LogP contribution >= 0.6 is 0 Å². The minimum Gasteiger partial charge on any atom is -0.312 e. The van der Waals surface area contributed by atoms with Crippen LogP contribution in [0.15, 0.2) is 0 Å². The highest BCUT2D eigenvalue weighted by Gasteiger charge is 2.09. The number of aryl methyl sites for hydroxylation is 1. The van der Waals surface area contributed by atoms with Crippen LogP contribution in [0.3, 0.4) is 0 Å². The van der Waals surface area contributed by atoms with E-state index in [-0.39, 0.29) is 0 Å². The molecular weight excluding hydrogens is 234 g/mol. The number of nitrogens with zero attached hydrogens (tertiary/aromatic N) is 2. The van der Waals surface area contributed by atoms with Gasteiger partial charge in [-0.05, 0) is 39.2 Å². The van der Waals surface area contributed by atoms with Gasteiger partial charge in [-0.3, -0.25) is 4.68 Å². The molecule has 0 spiro atoms. The van der Waals surface area contributed by atoms with Crippen molar-refractivity contribution in [2.24, 2.45) is 0 Å². The number of aromatic nitrogens is 2. The third-order valence-electron chi connectivity index (χ3n) is 3.94. The van der Waals surface area contributed by atoms with Gasteiger partial charge < -0.3 is 5.32 Å². The van der Waals surface area contributed by atoms with E-state index >= 15 is 0 Å². The van der Waals surface area contributed by atoms with Crippen molar-refractivity contribution >= 4 is 0 Å². The van der Waals surface area contributed by atoms with Crippen LogP contribution in [0.25, 0.3) is 0 Å². The fraction of sp³-hybridized carbons (Fsp3) is 0.812. The van der Waals surface area contributed by atoms with E-state index < -0.39 is 0 Å². The molecule has 0 aliphatic rings. The standard InChI is InChI=1S/C16H31N3/c1-6-8-9-10-13(3)17-11-12-19-15(5)16(7-2)14(4)18-19/h13,17H,6-12H2,1-5H3. The third kappa shape index (κ3) is 4.98. The van der Waals surface area contributed by atoms with Gasteiger partial charge in [-0.25, -0.2) is 0 Å². The van der Waals surface area contributed by atoms with Crippen molar-refractivity contribution in [2.45, 2.75) is 79.3 Å². The van der Waals surface area contributed by atoms with Crippen LogP contribution < -0.4 is 5.32 Å². The molecule has 0 amide bonds. The molecule has 3 heteroatoms. The third-order valence-corrected chi connectivity index (χ3v) is 3.94. The number of hydrogen-bond acceptors (Lipinski definition) is 2. The summed E-state index contributed by atoms with van der Waals surface area (Å²) in [6, 6.07) is 0.620. The molecule has 0 aliphatic carbocycles. The van der Waals surface area contributed by atoms with Crippen LogP contribution in [-0.4, -0.2) is 22.4 Å². The minimum absolute atomic E-state index is 0.620. The first-order chi connectivity index (χ1) is 9.10. The predicted molar refractivity (Wildman–Crippen MR) is 82.7 cm³/mol. The van der Waals surface area contributed by atoms with E-state index in [1.807, 2.05) is 0 Å². The molecule has 1 unspecified atom stereocenters. The minimum atomic E-state index is 0.620. The van der Waals surface area contributed by atoms with Crippen molar-refractivity contribution in [3.05, 3.63) is 17.0 Å². The Bertz CT molecular complexity index is 368. The Kier molecular flexibility index (Phi) is 7.14. The van der Waals surface area contributed by atoms with E-state index in [1.165, 1.54) is 42.6 Å². The van der Waals surface area contributed by atoms with E-state index in [1.54, 1.807) is 0 Å². The monoisotopic (exact) mass is 265 g/mol. The van der Waals surface area contributed by atoms with Crippen LogP contribution in [0, 0.1) is 13.8 Å². The van der Waals surface area contributed by atoms with E-state index in [0.717, 1.165) is 19.5 Å². The van der Waals surface area contributed by atoms with Crippen LogP contribution in [0.5, 0.6) is 0 Å². The highest BCUT2D eigenvalue weighted by atomic mass is 15.3. The summed E-state index contributed by atoms with van der Waals surface area (Å²) in [5, 5.41) is 8.23. The Hall–Kier alpha value is -0.830. The van der Waals surface area contributed by atoms with Gasteiger partial charge in [0.1, 0.15) is 0 Å². The first-order valence-corrected chi connectivity index (χ1v) is 7.86. The van der Waals surface area contributed by atoms with Gasteiger partial charge in [-0.1, -0.05) is 33.1 Å². The molecule has 1 heterocycles. The van der Waals surface area contributed by atoms with Gasteiger partial charge in [0.2, 0.25) is 0 Å². The summed E-state index contributed by atoms with van der Waals surface area (Å²) in [6.45, 7) is 13.0. The molecule has 3 nitrogen and oxygen atoms in total. The summed E-state index contributed by atoms with van der Waals surface area (Å²) in [5.41, 5.74) is 3.94. The Labute approximate surface area is 118 Å². The Morgan fingerprint density at radius 1 is 1.21 bits per heavy atom. The fourth-order valence-corrected chi connectivity index (χ4v) is 2.68. The zero-order valence-corrected chi connectivity index (χ0v) is 13.4. The van der Waals surface area contributed by atoms with Crippen LogP contribution in [0.1, 0.15) is 63.4 Å². The van der Waals surface area contributed by atoms with Gasteiger partial charge in [-0.15, -0.1) is 0 Å². The zero-order valence-electron chi connectivity index (χ0n) is 13.4. The first kappa shape index (κ1) is 16.2. The summed E-state index contributed by atoms with van der Waals surface area (Å²) < 4.78 is 2.15. The number of nitrogens with one attached hydrogen (secondary N) is 1. The van der Waals surface area contributed by atoms with Crippen molar-refractivity contribution in [1.29, 1.82) is 0 Å². The molecule has 0 aliphatic heterocycles. The van der Waals surface area contributed by atoms with Crippen molar-refractivity contribution in [3.63, 3.8) is 0 Å². The predicted octanol–water partition coefficient (Wildman–Crippen LogP) is 3.62. The second-order valence-corrected chi connectivity index (χ2v) is 5.58. The Morgan fingerprint density at radius 3 is 2.53 bits per heavy atom. The largest absolute Gasteiger partial charge is 0.312 e. The molecule has 0 aromatic carbocycles. The molecule has 0 saturated carbocycles. The molecule has 0 radical (unpaired) electrons. The first-order valence-electron chi connectivity index (χ1n) is 7.86. The molecule has 19 heavy (non-hydrogen) atoms. The van der Waals surface area contributed by atoms with Gasteiger partial charge in [0.05, 0.1) is 12.2 Å². The molecule has 0 saturated heterocycles.